The van der Waals surface area contributed by atoms with Crippen LogP contribution in [0, 0.1) is 13.8 Å². The van der Waals surface area contributed by atoms with Crippen LogP contribution in [0.25, 0.3) is 16.9 Å². The molecule has 0 saturated heterocycles. The molecule has 196 valence electrons. The van der Waals surface area contributed by atoms with Crippen LogP contribution in [0.15, 0.2) is 109 Å². The number of rotatable bonds is 9. The summed E-state index contributed by atoms with van der Waals surface area (Å²) in [6.45, 7) is 5.20. The Kier molecular flexibility index (Phi) is 7.88. The van der Waals surface area contributed by atoms with E-state index in [2.05, 4.69) is 49.4 Å². The van der Waals surface area contributed by atoms with Crippen molar-refractivity contribution in [2.75, 3.05) is 13.7 Å². The fraction of sp³-hybridized carbons (Fsp3) is 0.176. The molecule has 39 heavy (non-hydrogen) atoms. The predicted octanol–water partition coefficient (Wildman–Crippen LogP) is 7.05. The first-order valence-corrected chi connectivity index (χ1v) is 13.2. The molecule has 0 spiro atoms. The zero-order chi connectivity index (χ0) is 27.2. The van der Waals surface area contributed by atoms with Gasteiger partial charge in [0, 0.05) is 18.7 Å². The molecule has 5 aromatic rings. The predicted molar refractivity (Wildman–Crippen MR) is 156 cm³/mol. The number of benzene rings is 4. The van der Waals surface area contributed by atoms with Crippen molar-refractivity contribution in [3.8, 4) is 22.7 Å². The number of nitrogens with zero attached hydrogens (tertiary/aromatic N) is 3. The quantitative estimate of drug-likeness (QED) is 0.211. The Morgan fingerprint density at radius 2 is 1.54 bits per heavy atom. The van der Waals surface area contributed by atoms with Gasteiger partial charge in [0.05, 0.1) is 18.5 Å². The summed E-state index contributed by atoms with van der Waals surface area (Å²) in [6.07, 6.45) is 0.764. The van der Waals surface area contributed by atoms with Gasteiger partial charge in [-0.05, 0) is 66.8 Å². The lowest BCUT2D eigenvalue weighted by atomic mass is 10.1. The maximum atomic E-state index is 14.4. The van der Waals surface area contributed by atoms with E-state index in [9.17, 15) is 4.79 Å². The number of amides is 1. The Morgan fingerprint density at radius 3 is 2.26 bits per heavy atom. The minimum absolute atomic E-state index is 0.0580. The van der Waals surface area contributed by atoms with E-state index in [0.29, 0.717) is 18.8 Å². The van der Waals surface area contributed by atoms with Gasteiger partial charge in [-0.3, -0.25) is 4.79 Å². The molecule has 0 fully saturated rings. The summed E-state index contributed by atoms with van der Waals surface area (Å²) in [5, 5.41) is 4.97. The lowest BCUT2D eigenvalue weighted by Gasteiger charge is -2.24. The summed E-state index contributed by atoms with van der Waals surface area (Å²) >= 11 is 0. The van der Waals surface area contributed by atoms with Crippen LogP contribution >= 0.6 is 0 Å². The van der Waals surface area contributed by atoms with E-state index in [4.69, 9.17) is 9.84 Å². The number of aryl methyl sites for hydroxylation is 2. The van der Waals surface area contributed by atoms with E-state index >= 15 is 0 Å². The molecule has 5 nitrogen and oxygen atoms in total. The Labute approximate surface area is 230 Å². The zero-order valence-electron chi connectivity index (χ0n) is 22.7. The maximum Gasteiger partial charge on any atom is 0.272 e. The van der Waals surface area contributed by atoms with Gasteiger partial charge in [0.1, 0.15) is 11.4 Å². The van der Waals surface area contributed by atoms with Crippen molar-refractivity contribution >= 4 is 5.91 Å². The van der Waals surface area contributed by atoms with Crippen molar-refractivity contribution in [3.63, 3.8) is 0 Å². The van der Waals surface area contributed by atoms with Gasteiger partial charge in [-0.2, -0.15) is 5.10 Å². The minimum atomic E-state index is -0.0580. The average Bonchev–Trinajstić information content (AvgIpc) is 3.42. The van der Waals surface area contributed by atoms with Gasteiger partial charge in [0.15, 0.2) is 0 Å². The number of carbonyl (C=O) groups is 1. The molecule has 0 aliphatic heterocycles. The van der Waals surface area contributed by atoms with Crippen molar-refractivity contribution in [1.82, 2.24) is 14.7 Å². The Bertz CT molecular complexity index is 1560. The molecule has 5 heteroatoms. The number of hydrogen-bond donors (Lipinski definition) is 0. The van der Waals surface area contributed by atoms with Crippen LogP contribution in [0.5, 0.6) is 5.75 Å². The first-order valence-electron chi connectivity index (χ1n) is 13.2. The van der Waals surface area contributed by atoms with Gasteiger partial charge < -0.3 is 9.64 Å². The third-order valence-corrected chi connectivity index (χ3v) is 6.90. The number of carbonyl (C=O) groups excluding carboxylic acids is 1. The largest absolute Gasteiger partial charge is 0.497 e. The molecule has 4 aromatic carbocycles. The minimum Gasteiger partial charge on any atom is -0.497 e. The normalized spacial score (nSPS) is 10.8. The van der Waals surface area contributed by atoms with Crippen molar-refractivity contribution in [2.45, 2.75) is 26.8 Å². The first kappa shape index (κ1) is 26.0. The lowest BCUT2D eigenvalue weighted by molar-refractivity contribution is 0.0736. The van der Waals surface area contributed by atoms with Crippen LogP contribution in [0.4, 0.5) is 0 Å². The van der Waals surface area contributed by atoms with E-state index in [-0.39, 0.29) is 5.91 Å². The molecule has 0 aliphatic carbocycles. The highest BCUT2D eigenvalue weighted by molar-refractivity contribution is 5.94. The Hall–Kier alpha value is -4.64. The van der Waals surface area contributed by atoms with Gasteiger partial charge in [0.25, 0.3) is 5.91 Å². The van der Waals surface area contributed by atoms with Crippen molar-refractivity contribution in [2.24, 2.45) is 0 Å². The standard InChI is InChI=1S/C34H33N3O2/c1-25-17-18-26(2)32(21-25)37-33(23-31(35-37)29-15-10-16-30(22-29)39-3)34(38)36(24-28-13-8-5-9-14-28)20-19-27-11-6-4-7-12-27/h4-18,21-23H,19-20,24H2,1-3H3. The molecular formula is C34H33N3O2. The van der Waals surface area contributed by atoms with Crippen molar-refractivity contribution in [3.05, 3.63) is 137 Å². The first-order chi connectivity index (χ1) is 19.0. The number of aromatic nitrogens is 2. The smallest absolute Gasteiger partial charge is 0.272 e. The van der Waals surface area contributed by atoms with Gasteiger partial charge in [0.2, 0.25) is 0 Å². The van der Waals surface area contributed by atoms with E-state index in [1.165, 1.54) is 5.56 Å². The van der Waals surface area contributed by atoms with Gasteiger partial charge in [-0.25, -0.2) is 4.68 Å². The van der Waals surface area contributed by atoms with Crippen LogP contribution in [0.2, 0.25) is 0 Å². The molecule has 0 N–H and O–H groups in total. The second-order valence-corrected chi connectivity index (χ2v) is 9.80. The van der Waals surface area contributed by atoms with Crippen molar-refractivity contribution in [1.29, 1.82) is 0 Å². The van der Waals surface area contributed by atoms with Gasteiger partial charge in [-0.1, -0.05) is 84.9 Å². The van der Waals surface area contributed by atoms with Crippen LogP contribution in [-0.4, -0.2) is 34.2 Å². The summed E-state index contributed by atoms with van der Waals surface area (Å²) in [7, 11) is 1.65. The highest BCUT2D eigenvalue weighted by Gasteiger charge is 2.24. The SMILES string of the molecule is COc1cccc(-c2cc(C(=O)N(CCc3ccccc3)Cc3ccccc3)n(-c3cc(C)ccc3C)n2)c1. The molecule has 0 unspecified atom stereocenters. The Balaban J connectivity index is 1.58. The average molecular weight is 516 g/mol. The summed E-state index contributed by atoms with van der Waals surface area (Å²) in [5.74, 6) is 0.688. The molecule has 1 amide bonds. The topological polar surface area (TPSA) is 47.4 Å². The van der Waals surface area contributed by atoms with E-state index in [1.54, 1.807) is 11.8 Å². The second kappa shape index (κ2) is 11.8. The fourth-order valence-electron chi connectivity index (χ4n) is 4.72. The number of ether oxygens (including phenoxy) is 1. The molecule has 1 aromatic heterocycles. The molecule has 0 bridgehead atoms. The van der Waals surface area contributed by atoms with Gasteiger partial charge in [-0.15, -0.1) is 0 Å². The van der Waals surface area contributed by atoms with Crippen LogP contribution in [0.1, 0.15) is 32.7 Å². The fourth-order valence-corrected chi connectivity index (χ4v) is 4.72. The number of hydrogen-bond acceptors (Lipinski definition) is 3. The molecule has 0 atom stereocenters. The summed E-state index contributed by atoms with van der Waals surface area (Å²) in [5.41, 5.74) is 7.49. The molecule has 5 rings (SSSR count). The maximum absolute atomic E-state index is 14.4. The van der Waals surface area contributed by atoms with Crippen molar-refractivity contribution < 1.29 is 9.53 Å². The van der Waals surface area contributed by atoms with Crippen LogP contribution < -0.4 is 4.74 Å². The summed E-state index contributed by atoms with van der Waals surface area (Å²) < 4.78 is 7.25. The van der Waals surface area contributed by atoms with E-state index in [1.807, 2.05) is 78.6 Å². The monoisotopic (exact) mass is 515 g/mol. The third kappa shape index (κ3) is 6.10. The zero-order valence-corrected chi connectivity index (χ0v) is 22.7. The van der Waals surface area contributed by atoms with Gasteiger partial charge >= 0.3 is 0 Å². The van der Waals surface area contributed by atoms with E-state index < -0.39 is 0 Å². The molecule has 0 aliphatic rings. The molecule has 0 saturated carbocycles. The third-order valence-electron chi connectivity index (χ3n) is 6.90. The summed E-state index contributed by atoms with van der Waals surface area (Å²) in [6, 6.07) is 36.3. The highest BCUT2D eigenvalue weighted by Crippen LogP contribution is 2.27. The van der Waals surface area contributed by atoms with Crippen LogP contribution in [-0.2, 0) is 13.0 Å². The Morgan fingerprint density at radius 1 is 0.821 bits per heavy atom. The molecular weight excluding hydrogens is 482 g/mol. The summed E-state index contributed by atoms with van der Waals surface area (Å²) in [4.78, 5) is 16.3. The molecule has 0 radical (unpaired) electrons. The number of methoxy groups -OCH3 is 1. The lowest BCUT2D eigenvalue weighted by Crippen LogP contribution is -2.34. The highest BCUT2D eigenvalue weighted by atomic mass is 16.5. The van der Waals surface area contributed by atoms with E-state index in [0.717, 1.165) is 45.8 Å². The second-order valence-electron chi connectivity index (χ2n) is 9.80. The van der Waals surface area contributed by atoms with Crippen LogP contribution in [0.3, 0.4) is 0 Å². The molecule has 1 heterocycles.